The molecule has 3 fully saturated rings. The monoisotopic (exact) mass is 508 g/mol. The highest BCUT2D eigenvalue weighted by atomic mass is 16.7. The quantitative estimate of drug-likeness (QED) is 0.424. The number of piperazine rings is 1. The first-order valence-electron chi connectivity index (χ1n) is 14.2. The molecule has 2 saturated heterocycles. The van der Waals surface area contributed by atoms with Gasteiger partial charge in [0.05, 0.1) is 13.2 Å². The number of fused-ring (bicyclic) bond motifs is 1. The van der Waals surface area contributed by atoms with Gasteiger partial charge in [-0.1, -0.05) is 66.2 Å². The zero-order chi connectivity index (χ0) is 26.2. The van der Waals surface area contributed by atoms with Gasteiger partial charge in [0.15, 0.2) is 12.3 Å². The molecule has 0 aromatic rings. The number of carbonyl (C=O) groups is 3. The third-order valence-corrected chi connectivity index (χ3v) is 7.83. The first-order chi connectivity index (χ1) is 17.3. The first-order valence-corrected chi connectivity index (χ1v) is 14.2. The highest BCUT2D eigenvalue weighted by molar-refractivity contribution is 5.92. The Kier molecular flexibility index (Phi) is 10.8. The van der Waals surface area contributed by atoms with Crippen LogP contribution >= 0.6 is 0 Å². The lowest BCUT2D eigenvalue weighted by Crippen LogP contribution is -2.73. The summed E-state index contributed by atoms with van der Waals surface area (Å²) in [6.07, 6.45) is 7.17. The fourth-order valence-electron chi connectivity index (χ4n) is 5.57. The molecule has 1 aliphatic carbocycles. The SMILES string of the molecule is CC[C@H](C)CN1CC2N(C(=O)OCC(C)C)O[C@H](CC3CCCCC3)C(=O)N2[C@@H](CCCCN)C1=O. The van der Waals surface area contributed by atoms with Gasteiger partial charge in [-0.3, -0.25) is 14.4 Å². The van der Waals surface area contributed by atoms with E-state index in [1.54, 1.807) is 4.90 Å². The summed E-state index contributed by atoms with van der Waals surface area (Å²) >= 11 is 0. The second-order valence-electron chi connectivity index (χ2n) is 11.4. The number of carbonyl (C=O) groups excluding carboxylic acids is 3. The highest BCUT2D eigenvalue weighted by Gasteiger charge is 2.53. The zero-order valence-electron chi connectivity index (χ0n) is 22.8. The van der Waals surface area contributed by atoms with E-state index in [1.165, 1.54) is 11.5 Å². The van der Waals surface area contributed by atoms with Crippen LogP contribution in [0, 0.1) is 17.8 Å². The van der Waals surface area contributed by atoms with Crippen molar-refractivity contribution in [3.8, 4) is 0 Å². The molecule has 4 atom stereocenters. The van der Waals surface area contributed by atoms with Crippen molar-refractivity contribution in [1.82, 2.24) is 14.9 Å². The van der Waals surface area contributed by atoms with Crippen molar-refractivity contribution in [3.05, 3.63) is 0 Å². The number of unbranched alkanes of at least 4 members (excludes halogenated alkanes) is 1. The van der Waals surface area contributed by atoms with Gasteiger partial charge in [-0.15, -0.1) is 0 Å². The lowest BCUT2D eigenvalue weighted by atomic mass is 9.85. The zero-order valence-corrected chi connectivity index (χ0v) is 22.8. The van der Waals surface area contributed by atoms with Gasteiger partial charge in [0, 0.05) is 6.54 Å². The molecule has 0 bridgehead atoms. The van der Waals surface area contributed by atoms with Crippen LogP contribution in [-0.2, 0) is 19.2 Å². The van der Waals surface area contributed by atoms with Crippen LogP contribution in [-0.4, -0.2) is 77.3 Å². The normalized spacial score (nSPS) is 26.4. The number of hydrogen-bond acceptors (Lipinski definition) is 6. The second kappa shape index (κ2) is 13.6. The average Bonchev–Trinajstić information content (AvgIpc) is 2.86. The molecule has 2 heterocycles. The molecule has 3 aliphatic rings. The van der Waals surface area contributed by atoms with Crippen LogP contribution in [0.25, 0.3) is 0 Å². The molecule has 0 aromatic carbocycles. The summed E-state index contributed by atoms with van der Waals surface area (Å²) in [7, 11) is 0. The summed E-state index contributed by atoms with van der Waals surface area (Å²) in [4.78, 5) is 50.4. The summed E-state index contributed by atoms with van der Waals surface area (Å²) in [5.74, 6) is 0.661. The van der Waals surface area contributed by atoms with Crippen LogP contribution in [0.3, 0.4) is 0 Å². The van der Waals surface area contributed by atoms with Crippen LogP contribution in [0.15, 0.2) is 0 Å². The van der Waals surface area contributed by atoms with E-state index in [2.05, 4.69) is 13.8 Å². The summed E-state index contributed by atoms with van der Waals surface area (Å²) < 4.78 is 5.57. The smallest absolute Gasteiger partial charge is 0.436 e. The van der Waals surface area contributed by atoms with E-state index in [1.807, 2.05) is 18.7 Å². The molecule has 206 valence electrons. The predicted octanol–water partition coefficient (Wildman–Crippen LogP) is 3.91. The Bertz CT molecular complexity index is 742. The number of nitrogens with two attached hydrogens (primary N) is 1. The summed E-state index contributed by atoms with van der Waals surface area (Å²) in [5.41, 5.74) is 5.73. The molecule has 0 radical (unpaired) electrons. The number of hydroxylamine groups is 2. The highest BCUT2D eigenvalue weighted by Crippen LogP contribution is 2.35. The van der Waals surface area contributed by atoms with Gasteiger partial charge >= 0.3 is 6.09 Å². The number of ether oxygens (including phenoxy) is 1. The van der Waals surface area contributed by atoms with Crippen LogP contribution in [0.2, 0.25) is 0 Å². The van der Waals surface area contributed by atoms with Gasteiger partial charge in [0.1, 0.15) is 6.04 Å². The summed E-state index contributed by atoms with van der Waals surface area (Å²) in [6, 6.07) is -0.620. The van der Waals surface area contributed by atoms with Crippen LogP contribution in [0.5, 0.6) is 0 Å². The molecule has 3 amide bonds. The number of hydrogen-bond donors (Lipinski definition) is 1. The fraction of sp³-hybridized carbons (Fsp3) is 0.889. The van der Waals surface area contributed by atoms with Crippen LogP contribution in [0.4, 0.5) is 4.79 Å². The van der Waals surface area contributed by atoms with Gasteiger partial charge in [-0.25, -0.2) is 4.79 Å². The van der Waals surface area contributed by atoms with Crippen molar-refractivity contribution < 1.29 is 24.0 Å². The molecule has 36 heavy (non-hydrogen) atoms. The maximum absolute atomic E-state index is 13.9. The molecule has 2 aliphatic heterocycles. The van der Waals surface area contributed by atoms with Crippen molar-refractivity contribution in [1.29, 1.82) is 0 Å². The molecule has 0 spiro atoms. The Hall–Kier alpha value is -1.87. The number of amides is 3. The Morgan fingerprint density at radius 1 is 1.11 bits per heavy atom. The molecule has 0 aromatic heterocycles. The minimum atomic E-state index is -0.776. The van der Waals surface area contributed by atoms with E-state index in [9.17, 15) is 14.4 Å². The van der Waals surface area contributed by atoms with Crippen LogP contribution in [0.1, 0.15) is 91.9 Å². The lowest BCUT2D eigenvalue weighted by Gasteiger charge is -2.53. The molecule has 1 saturated carbocycles. The molecule has 3 rings (SSSR count). The third-order valence-electron chi connectivity index (χ3n) is 7.83. The Balaban J connectivity index is 1.90. The van der Waals surface area contributed by atoms with E-state index < -0.39 is 24.4 Å². The van der Waals surface area contributed by atoms with Crippen molar-refractivity contribution in [2.45, 2.75) is 110 Å². The predicted molar refractivity (Wildman–Crippen MR) is 137 cm³/mol. The third kappa shape index (κ3) is 7.12. The van der Waals surface area contributed by atoms with Gasteiger partial charge in [0.25, 0.3) is 5.91 Å². The Morgan fingerprint density at radius 2 is 1.83 bits per heavy atom. The minimum Gasteiger partial charge on any atom is -0.448 e. The van der Waals surface area contributed by atoms with E-state index in [0.717, 1.165) is 44.9 Å². The Morgan fingerprint density at radius 3 is 2.47 bits per heavy atom. The maximum atomic E-state index is 13.9. The molecule has 9 nitrogen and oxygen atoms in total. The van der Waals surface area contributed by atoms with Gasteiger partial charge in [0.2, 0.25) is 5.91 Å². The van der Waals surface area contributed by atoms with Crippen molar-refractivity contribution in [2.24, 2.45) is 23.5 Å². The number of rotatable bonds is 11. The lowest BCUT2D eigenvalue weighted by molar-refractivity contribution is -0.269. The standard InChI is InChI=1S/C27H48N4O5/c1-5-20(4)16-29-17-24-30(22(25(29)32)13-9-10-14-28)26(33)23(15-21-11-7-6-8-12-21)36-31(24)27(34)35-18-19(2)3/h19-24H,5-18,28H2,1-4H3/t20-,22-,23+,24?/m0/s1. The summed E-state index contributed by atoms with van der Waals surface area (Å²) in [5, 5.41) is 1.27. The van der Waals surface area contributed by atoms with Gasteiger partial charge < -0.3 is 20.3 Å². The van der Waals surface area contributed by atoms with Crippen molar-refractivity contribution in [3.63, 3.8) is 0 Å². The molecular weight excluding hydrogens is 460 g/mol. The van der Waals surface area contributed by atoms with Gasteiger partial charge in [-0.05, 0) is 50.0 Å². The van der Waals surface area contributed by atoms with E-state index >= 15 is 0 Å². The van der Waals surface area contributed by atoms with E-state index in [0.29, 0.717) is 37.8 Å². The topological polar surface area (TPSA) is 105 Å². The minimum absolute atomic E-state index is 0.0364. The van der Waals surface area contributed by atoms with E-state index in [-0.39, 0.29) is 30.9 Å². The maximum Gasteiger partial charge on any atom is 0.436 e. The van der Waals surface area contributed by atoms with E-state index in [4.69, 9.17) is 15.3 Å². The molecule has 1 unspecified atom stereocenters. The van der Waals surface area contributed by atoms with Crippen molar-refractivity contribution in [2.75, 3.05) is 26.2 Å². The molecule has 2 N–H and O–H groups in total. The first kappa shape index (κ1) is 28.7. The summed E-state index contributed by atoms with van der Waals surface area (Å²) in [6.45, 7) is 9.79. The fourth-order valence-corrected chi connectivity index (χ4v) is 5.57. The molecular formula is C27H48N4O5. The largest absolute Gasteiger partial charge is 0.448 e. The second-order valence-corrected chi connectivity index (χ2v) is 11.4. The number of nitrogens with zero attached hydrogens (tertiary/aromatic N) is 3. The van der Waals surface area contributed by atoms with Gasteiger partial charge in [-0.2, -0.15) is 5.06 Å². The molecule has 9 heteroatoms. The Labute approximate surface area is 216 Å². The average molecular weight is 509 g/mol. The van der Waals surface area contributed by atoms with Crippen molar-refractivity contribution >= 4 is 17.9 Å². The van der Waals surface area contributed by atoms with Crippen LogP contribution < -0.4 is 5.73 Å².